The number of halogens is 3. The Bertz CT molecular complexity index is 510. The molecular formula is C10H15F3N2O3S. The SMILES string of the molecule is CNCc1ccc(S(=O)(=O)N(C)CCC(F)(F)F)o1. The van der Waals surface area contributed by atoms with Gasteiger partial charge in [-0.3, -0.25) is 0 Å². The summed E-state index contributed by atoms with van der Waals surface area (Å²) in [6.07, 6.45) is -5.60. The number of hydrogen-bond donors (Lipinski definition) is 1. The molecule has 9 heteroatoms. The van der Waals surface area contributed by atoms with Crippen LogP contribution in [0.2, 0.25) is 0 Å². The van der Waals surface area contributed by atoms with Gasteiger partial charge in [-0.2, -0.15) is 17.5 Å². The average Bonchev–Trinajstić information content (AvgIpc) is 2.74. The predicted molar refractivity (Wildman–Crippen MR) is 62.0 cm³/mol. The van der Waals surface area contributed by atoms with Gasteiger partial charge < -0.3 is 9.73 Å². The maximum Gasteiger partial charge on any atom is 0.390 e. The molecule has 19 heavy (non-hydrogen) atoms. The average molecular weight is 300 g/mol. The van der Waals surface area contributed by atoms with Gasteiger partial charge in [-0.1, -0.05) is 0 Å². The Kier molecular flexibility index (Phi) is 4.99. The summed E-state index contributed by atoms with van der Waals surface area (Å²) in [5.41, 5.74) is 0. The number of nitrogens with one attached hydrogen (secondary N) is 1. The van der Waals surface area contributed by atoms with E-state index in [1.165, 1.54) is 12.1 Å². The van der Waals surface area contributed by atoms with Gasteiger partial charge in [0.1, 0.15) is 5.76 Å². The molecule has 1 aromatic heterocycles. The Labute approximate surface area is 109 Å². The summed E-state index contributed by atoms with van der Waals surface area (Å²) in [6, 6.07) is 2.69. The summed E-state index contributed by atoms with van der Waals surface area (Å²) < 4.78 is 65.7. The van der Waals surface area contributed by atoms with Gasteiger partial charge in [-0.25, -0.2) is 8.42 Å². The van der Waals surface area contributed by atoms with Crippen molar-refractivity contribution in [3.05, 3.63) is 17.9 Å². The number of sulfonamides is 1. The van der Waals surface area contributed by atoms with Crippen LogP contribution in [-0.2, 0) is 16.6 Å². The van der Waals surface area contributed by atoms with E-state index in [1.807, 2.05) is 0 Å². The molecule has 0 unspecified atom stereocenters. The first kappa shape index (κ1) is 16.0. The molecule has 0 spiro atoms. The summed E-state index contributed by atoms with van der Waals surface area (Å²) in [5.74, 6) is 0.394. The Hall–Kier alpha value is -1.06. The Morgan fingerprint density at radius 2 is 2.00 bits per heavy atom. The Morgan fingerprint density at radius 3 is 2.53 bits per heavy atom. The van der Waals surface area contributed by atoms with Crippen LogP contribution in [0.25, 0.3) is 0 Å². The van der Waals surface area contributed by atoms with E-state index in [2.05, 4.69) is 5.32 Å². The van der Waals surface area contributed by atoms with Crippen molar-refractivity contribution < 1.29 is 26.0 Å². The van der Waals surface area contributed by atoms with E-state index in [0.29, 0.717) is 16.6 Å². The van der Waals surface area contributed by atoms with Crippen molar-refractivity contribution in [2.75, 3.05) is 20.6 Å². The molecule has 5 nitrogen and oxygen atoms in total. The normalized spacial score (nSPS) is 13.2. The molecular weight excluding hydrogens is 285 g/mol. The molecule has 0 saturated heterocycles. The molecule has 1 heterocycles. The number of alkyl halides is 3. The minimum atomic E-state index is -4.40. The van der Waals surface area contributed by atoms with Crippen LogP contribution in [0.4, 0.5) is 13.2 Å². The van der Waals surface area contributed by atoms with Crippen LogP contribution in [0.3, 0.4) is 0 Å². The molecule has 1 rings (SSSR count). The first-order valence-electron chi connectivity index (χ1n) is 5.43. The van der Waals surface area contributed by atoms with E-state index >= 15 is 0 Å². The molecule has 0 amide bonds. The zero-order chi connectivity index (χ0) is 14.7. The highest BCUT2D eigenvalue weighted by Gasteiger charge is 2.31. The van der Waals surface area contributed by atoms with Gasteiger partial charge in [0, 0.05) is 13.6 Å². The molecule has 1 aromatic rings. The van der Waals surface area contributed by atoms with Gasteiger partial charge in [0.05, 0.1) is 13.0 Å². The fourth-order valence-corrected chi connectivity index (χ4v) is 2.42. The van der Waals surface area contributed by atoms with Gasteiger partial charge in [0.25, 0.3) is 10.0 Å². The predicted octanol–water partition coefficient (Wildman–Crippen LogP) is 1.57. The molecule has 0 bridgehead atoms. The van der Waals surface area contributed by atoms with Gasteiger partial charge in [-0.15, -0.1) is 0 Å². The largest absolute Gasteiger partial charge is 0.447 e. The quantitative estimate of drug-likeness (QED) is 0.866. The van der Waals surface area contributed by atoms with Gasteiger partial charge >= 0.3 is 6.18 Å². The molecule has 0 fully saturated rings. The van der Waals surface area contributed by atoms with Crippen molar-refractivity contribution in [1.29, 1.82) is 0 Å². The second-order valence-electron chi connectivity index (χ2n) is 3.94. The Balaban J connectivity index is 2.78. The van der Waals surface area contributed by atoms with Crippen LogP contribution in [0.15, 0.2) is 21.6 Å². The van der Waals surface area contributed by atoms with Gasteiger partial charge in [-0.05, 0) is 19.2 Å². The number of hydrogen-bond acceptors (Lipinski definition) is 4. The number of rotatable bonds is 6. The first-order valence-corrected chi connectivity index (χ1v) is 6.87. The minimum Gasteiger partial charge on any atom is -0.447 e. The molecule has 1 N–H and O–H groups in total. The molecule has 0 aliphatic rings. The van der Waals surface area contributed by atoms with E-state index in [-0.39, 0.29) is 5.09 Å². The molecule has 0 radical (unpaired) electrons. The second kappa shape index (κ2) is 5.93. The lowest BCUT2D eigenvalue weighted by Crippen LogP contribution is -2.30. The number of nitrogens with zero attached hydrogens (tertiary/aromatic N) is 1. The van der Waals surface area contributed by atoms with Crippen molar-refractivity contribution >= 4 is 10.0 Å². The van der Waals surface area contributed by atoms with Crippen molar-refractivity contribution in [2.24, 2.45) is 0 Å². The third-order valence-electron chi connectivity index (χ3n) is 2.36. The van der Waals surface area contributed by atoms with Crippen LogP contribution >= 0.6 is 0 Å². The third kappa shape index (κ3) is 4.51. The van der Waals surface area contributed by atoms with Crippen molar-refractivity contribution in [3.8, 4) is 0 Å². The topological polar surface area (TPSA) is 62.6 Å². The highest BCUT2D eigenvalue weighted by atomic mass is 32.2. The molecule has 0 atom stereocenters. The maximum atomic E-state index is 12.1. The molecule has 0 aliphatic carbocycles. The third-order valence-corrected chi connectivity index (χ3v) is 4.09. The lowest BCUT2D eigenvalue weighted by atomic mass is 10.4. The van der Waals surface area contributed by atoms with E-state index < -0.39 is 29.2 Å². The second-order valence-corrected chi connectivity index (χ2v) is 5.92. The fourth-order valence-electron chi connectivity index (χ4n) is 1.32. The summed E-state index contributed by atoms with van der Waals surface area (Å²) in [5, 5.41) is 2.41. The van der Waals surface area contributed by atoms with Crippen LogP contribution in [0.1, 0.15) is 12.2 Å². The van der Waals surface area contributed by atoms with E-state index in [1.54, 1.807) is 7.05 Å². The van der Waals surface area contributed by atoms with Gasteiger partial charge in [0.2, 0.25) is 5.09 Å². The monoisotopic (exact) mass is 300 g/mol. The lowest BCUT2D eigenvalue weighted by Gasteiger charge is -2.16. The molecule has 110 valence electrons. The van der Waals surface area contributed by atoms with Crippen LogP contribution in [0.5, 0.6) is 0 Å². The van der Waals surface area contributed by atoms with Crippen molar-refractivity contribution in [1.82, 2.24) is 9.62 Å². The van der Waals surface area contributed by atoms with E-state index in [9.17, 15) is 21.6 Å². The molecule has 0 saturated carbocycles. The number of furan rings is 1. The standard InChI is InChI=1S/C10H15F3N2O3S/c1-14-7-8-3-4-9(18-8)19(16,17)15(2)6-5-10(11,12)13/h3-4,14H,5-7H2,1-2H3. The van der Waals surface area contributed by atoms with Crippen molar-refractivity contribution in [2.45, 2.75) is 24.2 Å². The van der Waals surface area contributed by atoms with Crippen LogP contribution in [0, 0.1) is 0 Å². The van der Waals surface area contributed by atoms with Gasteiger partial charge in [0.15, 0.2) is 0 Å². The first-order chi connectivity index (χ1) is 8.66. The smallest absolute Gasteiger partial charge is 0.390 e. The van der Waals surface area contributed by atoms with Crippen LogP contribution in [-0.4, -0.2) is 39.5 Å². The van der Waals surface area contributed by atoms with Crippen LogP contribution < -0.4 is 5.32 Å². The molecule has 0 aliphatic heterocycles. The Morgan fingerprint density at radius 1 is 1.37 bits per heavy atom. The summed E-state index contributed by atoms with van der Waals surface area (Å²) in [4.78, 5) is 0. The highest BCUT2D eigenvalue weighted by molar-refractivity contribution is 7.89. The van der Waals surface area contributed by atoms with E-state index in [4.69, 9.17) is 4.42 Å². The summed E-state index contributed by atoms with van der Waals surface area (Å²) in [7, 11) is -1.28. The maximum absolute atomic E-state index is 12.1. The molecule has 0 aromatic carbocycles. The zero-order valence-electron chi connectivity index (χ0n) is 10.5. The van der Waals surface area contributed by atoms with E-state index in [0.717, 1.165) is 7.05 Å². The lowest BCUT2D eigenvalue weighted by molar-refractivity contribution is -0.135. The zero-order valence-corrected chi connectivity index (χ0v) is 11.3. The van der Waals surface area contributed by atoms with Crippen molar-refractivity contribution in [3.63, 3.8) is 0 Å². The highest BCUT2D eigenvalue weighted by Crippen LogP contribution is 2.22. The minimum absolute atomic E-state index is 0.335. The summed E-state index contributed by atoms with van der Waals surface area (Å²) in [6.45, 7) is -0.310. The fraction of sp³-hybridized carbons (Fsp3) is 0.600. The summed E-state index contributed by atoms with van der Waals surface area (Å²) >= 11 is 0.